The van der Waals surface area contributed by atoms with Crippen molar-refractivity contribution >= 4 is 61.7 Å². The van der Waals surface area contributed by atoms with Crippen molar-refractivity contribution in [1.82, 2.24) is 14.4 Å². The van der Waals surface area contributed by atoms with Crippen molar-refractivity contribution in [2.75, 3.05) is 39.5 Å². The first-order chi connectivity index (χ1) is 18.3. The first-order valence-corrected chi connectivity index (χ1v) is 14.0. The maximum Gasteiger partial charge on any atom is 0.294 e. The van der Waals surface area contributed by atoms with Crippen LogP contribution >= 0.6 is 27.7 Å². The van der Waals surface area contributed by atoms with Crippen LogP contribution in [0, 0.1) is 13.8 Å². The van der Waals surface area contributed by atoms with Crippen LogP contribution in [0.15, 0.2) is 52.0 Å². The number of fused-ring (bicyclic) bond motifs is 1. The summed E-state index contributed by atoms with van der Waals surface area (Å²) in [4.78, 5) is 41.4. The van der Waals surface area contributed by atoms with Crippen molar-refractivity contribution < 1.29 is 23.9 Å². The number of ether oxygens (including phenoxy) is 2. The number of carbonyl (C=O) groups excluding carboxylic acids is 3. The molecule has 0 spiro atoms. The molecule has 0 radical (unpaired) electrons. The zero-order valence-corrected chi connectivity index (χ0v) is 23.6. The summed E-state index contributed by atoms with van der Waals surface area (Å²) in [6.45, 7) is 6.81. The zero-order valence-electron chi connectivity index (χ0n) is 21.2. The summed E-state index contributed by atoms with van der Waals surface area (Å²) >= 11 is 4.40. The third kappa shape index (κ3) is 5.67. The number of aryl methyl sites for hydroxylation is 2. The number of aromatic nitrogens is 1. The lowest BCUT2D eigenvalue weighted by Crippen LogP contribution is -2.46. The van der Waals surface area contributed by atoms with E-state index in [2.05, 4.69) is 34.3 Å². The highest BCUT2D eigenvalue weighted by atomic mass is 79.9. The Morgan fingerprint density at radius 3 is 2.66 bits per heavy atom. The number of halogens is 1. The topological polar surface area (TPSA) is 81.1 Å². The van der Waals surface area contributed by atoms with Gasteiger partial charge in [-0.05, 0) is 73.1 Å². The molecule has 0 unspecified atom stereocenters. The molecule has 2 aliphatic heterocycles. The van der Waals surface area contributed by atoms with E-state index in [9.17, 15) is 14.4 Å². The molecule has 5 rings (SSSR count). The minimum absolute atomic E-state index is 0.249. The lowest BCUT2D eigenvalue weighted by molar-refractivity contribution is -0.139. The summed E-state index contributed by atoms with van der Waals surface area (Å²) in [5.41, 5.74) is 4.21. The number of hydrogen-bond donors (Lipinski definition) is 0. The normalized spacial score (nSPS) is 17.2. The van der Waals surface area contributed by atoms with Crippen molar-refractivity contribution in [2.45, 2.75) is 20.4 Å². The minimum atomic E-state index is -0.449. The molecule has 2 aromatic carbocycles. The number of hydrogen-bond acceptors (Lipinski definition) is 6. The number of imide groups is 1. The van der Waals surface area contributed by atoms with E-state index in [1.54, 1.807) is 11.0 Å². The molecule has 1 aromatic heterocycles. The third-order valence-electron chi connectivity index (χ3n) is 6.77. The molecule has 38 heavy (non-hydrogen) atoms. The number of morpholine rings is 1. The van der Waals surface area contributed by atoms with Gasteiger partial charge in [0.25, 0.3) is 11.1 Å². The first-order valence-electron chi connectivity index (χ1n) is 12.4. The number of rotatable bonds is 7. The van der Waals surface area contributed by atoms with E-state index in [0.29, 0.717) is 44.4 Å². The number of benzene rings is 2. The molecule has 0 saturated carbocycles. The molecule has 3 amide bonds. The summed E-state index contributed by atoms with van der Waals surface area (Å²) < 4.78 is 14.3. The molecule has 2 aliphatic rings. The Hall–Kier alpha value is -3.08. The van der Waals surface area contributed by atoms with Gasteiger partial charge < -0.3 is 18.9 Å². The minimum Gasteiger partial charge on any atom is -0.492 e. The van der Waals surface area contributed by atoms with Gasteiger partial charge in [-0.25, -0.2) is 0 Å². The summed E-state index contributed by atoms with van der Waals surface area (Å²) in [5.74, 6) is 0.129. The average molecular weight is 599 g/mol. The second-order valence-electron chi connectivity index (χ2n) is 9.29. The highest BCUT2D eigenvalue weighted by molar-refractivity contribution is 9.10. The van der Waals surface area contributed by atoms with Crippen molar-refractivity contribution in [3.8, 4) is 5.75 Å². The standard InChI is InChI=1S/C28H28BrN3O5S/c1-18-3-5-22(13-19(18)2)37-12-9-31-16-20(23-15-21(29)4-6-24(23)31)14-25-27(34)32(28(35)38-25)17-26(33)30-7-10-36-11-8-30/h3-6,13-16H,7-12,17H2,1-2H3/b25-14-. The van der Waals surface area contributed by atoms with Crippen LogP contribution in [0.3, 0.4) is 0 Å². The van der Waals surface area contributed by atoms with Crippen LogP contribution in [0.5, 0.6) is 5.75 Å². The monoisotopic (exact) mass is 597 g/mol. The molecule has 0 atom stereocenters. The molecule has 2 saturated heterocycles. The Kier molecular flexibility index (Phi) is 7.92. The van der Waals surface area contributed by atoms with E-state index >= 15 is 0 Å². The fourth-order valence-corrected chi connectivity index (χ4v) is 5.68. The largest absolute Gasteiger partial charge is 0.492 e. The molecule has 0 aliphatic carbocycles. The van der Waals surface area contributed by atoms with Gasteiger partial charge in [-0.2, -0.15) is 0 Å². The number of nitrogens with zero attached hydrogens (tertiary/aromatic N) is 3. The van der Waals surface area contributed by atoms with Crippen molar-refractivity contribution in [3.05, 3.63) is 68.7 Å². The van der Waals surface area contributed by atoms with Crippen molar-refractivity contribution in [3.63, 3.8) is 0 Å². The van der Waals surface area contributed by atoms with Gasteiger partial charge in [-0.3, -0.25) is 19.3 Å². The van der Waals surface area contributed by atoms with Gasteiger partial charge in [0.1, 0.15) is 18.9 Å². The maximum atomic E-state index is 13.1. The SMILES string of the molecule is Cc1ccc(OCCn2cc(/C=C3\SC(=O)N(CC(=O)N4CCOCC4)C3=O)c3cc(Br)ccc32)cc1C. The van der Waals surface area contributed by atoms with Crippen LogP contribution < -0.4 is 4.74 Å². The van der Waals surface area contributed by atoms with Gasteiger partial charge >= 0.3 is 0 Å². The molecule has 0 N–H and O–H groups in total. The second kappa shape index (κ2) is 11.3. The third-order valence-corrected chi connectivity index (χ3v) is 8.17. The molecule has 3 heterocycles. The summed E-state index contributed by atoms with van der Waals surface area (Å²) in [5, 5.41) is 0.510. The fraction of sp³-hybridized carbons (Fsp3) is 0.321. The second-order valence-corrected chi connectivity index (χ2v) is 11.2. The summed E-state index contributed by atoms with van der Waals surface area (Å²) in [6, 6.07) is 12.0. The van der Waals surface area contributed by atoms with Crippen molar-refractivity contribution in [2.24, 2.45) is 0 Å². The van der Waals surface area contributed by atoms with E-state index in [4.69, 9.17) is 9.47 Å². The lowest BCUT2D eigenvalue weighted by Gasteiger charge is -2.28. The quantitative estimate of drug-likeness (QED) is 0.357. The highest BCUT2D eigenvalue weighted by Crippen LogP contribution is 2.35. The first kappa shape index (κ1) is 26.5. The number of thioether (sulfide) groups is 1. The van der Waals surface area contributed by atoms with Gasteiger partial charge in [-0.1, -0.05) is 22.0 Å². The van der Waals surface area contributed by atoms with E-state index in [1.165, 1.54) is 11.1 Å². The molecular formula is C28H28BrN3O5S. The van der Waals surface area contributed by atoms with Crippen LogP contribution in [-0.4, -0.2) is 70.9 Å². The lowest BCUT2D eigenvalue weighted by atomic mass is 10.1. The molecule has 8 nitrogen and oxygen atoms in total. The molecule has 0 bridgehead atoms. The van der Waals surface area contributed by atoms with E-state index in [-0.39, 0.29) is 12.5 Å². The average Bonchev–Trinajstić information content (AvgIpc) is 3.37. The van der Waals surface area contributed by atoms with Gasteiger partial charge in [0.15, 0.2) is 0 Å². The van der Waals surface area contributed by atoms with E-state index in [0.717, 1.165) is 43.4 Å². The Morgan fingerprint density at radius 1 is 1.11 bits per heavy atom. The van der Waals surface area contributed by atoms with Crippen molar-refractivity contribution in [1.29, 1.82) is 0 Å². The fourth-order valence-electron chi connectivity index (χ4n) is 4.49. The molecule has 3 aromatic rings. The van der Waals surface area contributed by atoms with Gasteiger partial charge in [0.2, 0.25) is 5.91 Å². The Labute approximate surface area is 233 Å². The maximum absolute atomic E-state index is 13.1. The van der Waals surface area contributed by atoms with Crippen LogP contribution in [-0.2, 0) is 20.9 Å². The van der Waals surface area contributed by atoms with E-state index < -0.39 is 11.1 Å². The highest BCUT2D eigenvalue weighted by Gasteiger charge is 2.37. The number of carbonyl (C=O) groups is 3. The predicted octanol–water partition coefficient (Wildman–Crippen LogP) is 4.99. The molecular weight excluding hydrogens is 570 g/mol. The van der Waals surface area contributed by atoms with E-state index in [1.807, 2.05) is 42.6 Å². The zero-order chi connectivity index (χ0) is 26.8. The van der Waals surface area contributed by atoms with Gasteiger partial charge in [0, 0.05) is 40.2 Å². The Morgan fingerprint density at radius 2 is 1.89 bits per heavy atom. The van der Waals surface area contributed by atoms with Gasteiger partial charge in [0.05, 0.1) is 24.7 Å². The summed E-state index contributed by atoms with van der Waals surface area (Å²) in [7, 11) is 0. The Balaban J connectivity index is 1.34. The van der Waals surface area contributed by atoms with Crippen LogP contribution in [0.2, 0.25) is 0 Å². The smallest absolute Gasteiger partial charge is 0.294 e. The van der Waals surface area contributed by atoms with Crippen LogP contribution in [0.4, 0.5) is 4.79 Å². The van der Waals surface area contributed by atoms with Crippen LogP contribution in [0.25, 0.3) is 17.0 Å². The molecule has 2 fully saturated rings. The molecule has 10 heteroatoms. The van der Waals surface area contributed by atoms with Crippen LogP contribution in [0.1, 0.15) is 16.7 Å². The predicted molar refractivity (Wildman–Crippen MR) is 151 cm³/mol. The summed E-state index contributed by atoms with van der Waals surface area (Å²) in [6.07, 6.45) is 3.70. The number of amides is 3. The van der Waals surface area contributed by atoms with Gasteiger partial charge in [-0.15, -0.1) is 0 Å². The Bertz CT molecular complexity index is 1440. The molecule has 198 valence electrons.